The van der Waals surface area contributed by atoms with Crippen molar-refractivity contribution >= 4 is 11.9 Å². The van der Waals surface area contributed by atoms with Crippen molar-refractivity contribution in [2.75, 3.05) is 18.0 Å². The lowest BCUT2D eigenvalue weighted by Gasteiger charge is -2.22. The van der Waals surface area contributed by atoms with E-state index in [0.29, 0.717) is 18.2 Å². The Bertz CT molecular complexity index is 768. The summed E-state index contributed by atoms with van der Waals surface area (Å²) >= 11 is 0. The summed E-state index contributed by atoms with van der Waals surface area (Å²) in [6, 6.07) is 7.88. The average Bonchev–Trinajstić information content (AvgIpc) is 2.96. The molecule has 1 aliphatic heterocycles. The third kappa shape index (κ3) is 5.25. The SMILES string of the molecule is CC(C)c1cc(C(=O)NCc2ccc(F)cc2)nc(N2CCCCCC2)n1. The molecule has 0 spiro atoms. The van der Waals surface area contributed by atoms with Crippen LogP contribution in [0.3, 0.4) is 0 Å². The van der Waals surface area contributed by atoms with Crippen LogP contribution in [-0.2, 0) is 6.54 Å². The standard InChI is InChI=1S/C21H27FN4O/c1-15(2)18-13-19(20(27)23-14-16-7-9-17(22)10-8-16)25-21(24-18)26-11-5-3-4-6-12-26/h7-10,13,15H,3-6,11-12,14H2,1-2H3,(H,23,27). The normalized spacial score (nSPS) is 14.9. The third-order valence-corrected chi connectivity index (χ3v) is 4.81. The van der Waals surface area contributed by atoms with Crippen molar-refractivity contribution in [1.82, 2.24) is 15.3 Å². The quantitative estimate of drug-likeness (QED) is 0.863. The topological polar surface area (TPSA) is 58.1 Å². The van der Waals surface area contributed by atoms with E-state index in [1.165, 1.54) is 25.0 Å². The number of hydrogen-bond acceptors (Lipinski definition) is 4. The average molecular weight is 370 g/mol. The van der Waals surface area contributed by atoms with Gasteiger partial charge in [-0.2, -0.15) is 0 Å². The second-order valence-electron chi connectivity index (χ2n) is 7.34. The van der Waals surface area contributed by atoms with Gasteiger partial charge in [-0.1, -0.05) is 38.8 Å². The van der Waals surface area contributed by atoms with Gasteiger partial charge in [0.05, 0.1) is 0 Å². The van der Waals surface area contributed by atoms with Crippen LogP contribution in [0.15, 0.2) is 30.3 Å². The molecule has 1 aliphatic rings. The lowest BCUT2D eigenvalue weighted by Crippen LogP contribution is -2.29. The molecule has 0 atom stereocenters. The number of carbonyl (C=O) groups excluding carboxylic acids is 1. The number of carbonyl (C=O) groups is 1. The van der Waals surface area contributed by atoms with Crippen LogP contribution in [0.2, 0.25) is 0 Å². The number of aromatic nitrogens is 2. The predicted molar refractivity (Wildman–Crippen MR) is 104 cm³/mol. The van der Waals surface area contributed by atoms with Crippen molar-refractivity contribution in [3.05, 3.63) is 53.1 Å². The van der Waals surface area contributed by atoms with Gasteiger partial charge in [-0.25, -0.2) is 14.4 Å². The minimum Gasteiger partial charge on any atom is -0.347 e. The summed E-state index contributed by atoms with van der Waals surface area (Å²) in [5.41, 5.74) is 2.10. The zero-order chi connectivity index (χ0) is 19.2. The van der Waals surface area contributed by atoms with E-state index in [0.717, 1.165) is 37.2 Å². The lowest BCUT2D eigenvalue weighted by atomic mass is 10.1. The smallest absolute Gasteiger partial charge is 0.270 e. The Morgan fingerprint density at radius 2 is 1.78 bits per heavy atom. The molecule has 1 saturated heterocycles. The summed E-state index contributed by atoms with van der Waals surface area (Å²) in [5, 5.41) is 2.87. The van der Waals surface area contributed by atoms with E-state index in [1.54, 1.807) is 18.2 Å². The second kappa shape index (κ2) is 8.93. The largest absolute Gasteiger partial charge is 0.347 e. The number of benzene rings is 1. The molecular formula is C21H27FN4O. The molecule has 1 aromatic carbocycles. The van der Waals surface area contributed by atoms with Crippen LogP contribution in [-0.4, -0.2) is 29.0 Å². The summed E-state index contributed by atoms with van der Waals surface area (Å²) in [6.07, 6.45) is 4.71. The molecule has 1 aromatic heterocycles. The highest BCUT2D eigenvalue weighted by Crippen LogP contribution is 2.20. The van der Waals surface area contributed by atoms with Crippen LogP contribution in [0.25, 0.3) is 0 Å². The van der Waals surface area contributed by atoms with E-state index in [-0.39, 0.29) is 17.6 Å². The number of halogens is 1. The molecular weight excluding hydrogens is 343 g/mol. The van der Waals surface area contributed by atoms with Crippen molar-refractivity contribution in [2.24, 2.45) is 0 Å². The molecule has 1 N–H and O–H groups in total. The van der Waals surface area contributed by atoms with Crippen LogP contribution in [0, 0.1) is 5.82 Å². The maximum Gasteiger partial charge on any atom is 0.270 e. The van der Waals surface area contributed by atoms with Gasteiger partial charge in [-0.3, -0.25) is 4.79 Å². The molecule has 2 heterocycles. The van der Waals surface area contributed by atoms with Crippen LogP contribution >= 0.6 is 0 Å². The Labute approximate surface area is 160 Å². The second-order valence-corrected chi connectivity index (χ2v) is 7.34. The fraction of sp³-hybridized carbons (Fsp3) is 0.476. The van der Waals surface area contributed by atoms with E-state index < -0.39 is 0 Å². The van der Waals surface area contributed by atoms with E-state index in [4.69, 9.17) is 4.98 Å². The molecule has 0 bridgehead atoms. The first-order chi connectivity index (χ1) is 13.0. The Hall–Kier alpha value is -2.50. The van der Waals surface area contributed by atoms with Gasteiger partial charge in [0.25, 0.3) is 5.91 Å². The molecule has 3 rings (SSSR count). The highest BCUT2D eigenvalue weighted by Gasteiger charge is 2.18. The maximum absolute atomic E-state index is 13.0. The molecule has 0 aliphatic carbocycles. The number of anilines is 1. The first-order valence-electron chi connectivity index (χ1n) is 9.69. The molecule has 2 aromatic rings. The summed E-state index contributed by atoms with van der Waals surface area (Å²) in [6.45, 7) is 6.32. The minimum absolute atomic E-state index is 0.211. The minimum atomic E-state index is -0.287. The summed E-state index contributed by atoms with van der Waals surface area (Å²) in [5.74, 6) is 0.335. The zero-order valence-electron chi connectivity index (χ0n) is 16.0. The number of amides is 1. The lowest BCUT2D eigenvalue weighted by molar-refractivity contribution is 0.0945. The van der Waals surface area contributed by atoms with E-state index in [2.05, 4.69) is 29.0 Å². The van der Waals surface area contributed by atoms with E-state index in [1.807, 2.05) is 0 Å². The van der Waals surface area contributed by atoms with Gasteiger partial charge in [-0.15, -0.1) is 0 Å². The van der Waals surface area contributed by atoms with Crippen LogP contribution < -0.4 is 10.2 Å². The van der Waals surface area contributed by atoms with Gasteiger partial charge in [0.2, 0.25) is 5.95 Å². The zero-order valence-corrected chi connectivity index (χ0v) is 16.0. The van der Waals surface area contributed by atoms with Gasteiger partial charge in [0.15, 0.2) is 0 Å². The van der Waals surface area contributed by atoms with Crippen molar-refractivity contribution < 1.29 is 9.18 Å². The van der Waals surface area contributed by atoms with Crippen molar-refractivity contribution in [1.29, 1.82) is 0 Å². The number of hydrogen-bond donors (Lipinski definition) is 1. The fourth-order valence-electron chi connectivity index (χ4n) is 3.15. The molecule has 5 nitrogen and oxygen atoms in total. The van der Waals surface area contributed by atoms with Crippen LogP contribution in [0.4, 0.5) is 10.3 Å². The first kappa shape index (κ1) is 19.3. The van der Waals surface area contributed by atoms with Crippen molar-refractivity contribution in [3.8, 4) is 0 Å². The molecule has 0 unspecified atom stereocenters. The fourth-order valence-corrected chi connectivity index (χ4v) is 3.15. The van der Waals surface area contributed by atoms with Gasteiger partial charge < -0.3 is 10.2 Å². The summed E-state index contributed by atoms with van der Waals surface area (Å²) in [4.78, 5) is 24.1. The number of nitrogens with one attached hydrogen (secondary N) is 1. The van der Waals surface area contributed by atoms with Crippen molar-refractivity contribution in [3.63, 3.8) is 0 Å². The molecule has 6 heteroatoms. The highest BCUT2D eigenvalue weighted by molar-refractivity contribution is 5.92. The maximum atomic E-state index is 13.0. The summed E-state index contributed by atoms with van der Waals surface area (Å²) < 4.78 is 13.0. The predicted octanol–water partition coefficient (Wildman–Crippen LogP) is 4.05. The number of nitrogens with zero attached hydrogens (tertiary/aromatic N) is 3. The van der Waals surface area contributed by atoms with Gasteiger partial charge in [0, 0.05) is 25.3 Å². The Morgan fingerprint density at radius 1 is 1.11 bits per heavy atom. The molecule has 27 heavy (non-hydrogen) atoms. The first-order valence-corrected chi connectivity index (χ1v) is 9.69. The Balaban J connectivity index is 1.78. The molecule has 144 valence electrons. The molecule has 0 saturated carbocycles. The molecule has 1 amide bonds. The van der Waals surface area contributed by atoms with Crippen molar-refractivity contribution in [2.45, 2.75) is 52.0 Å². The third-order valence-electron chi connectivity index (χ3n) is 4.81. The highest BCUT2D eigenvalue weighted by atomic mass is 19.1. The van der Waals surface area contributed by atoms with E-state index in [9.17, 15) is 9.18 Å². The summed E-state index contributed by atoms with van der Waals surface area (Å²) in [7, 11) is 0. The van der Waals surface area contributed by atoms with Gasteiger partial charge >= 0.3 is 0 Å². The van der Waals surface area contributed by atoms with Gasteiger partial charge in [0.1, 0.15) is 11.5 Å². The molecule has 1 fully saturated rings. The van der Waals surface area contributed by atoms with Crippen LogP contribution in [0.5, 0.6) is 0 Å². The molecule has 0 radical (unpaired) electrons. The van der Waals surface area contributed by atoms with Gasteiger partial charge in [-0.05, 0) is 42.5 Å². The Morgan fingerprint density at radius 3 is 2.41 bits per heavy atom. The monoisotopic (exact) mass is 370 g/mol. The van der Waals surface area contributed by atoms with Crippen LogP contribution in [0.1, 0.15) is 67.2 Å². The van der Waals surface area contributed by atoms with E-state index >= 15 is 0 Å². The Kier molecular flexibility index (Phi) is 6.37. The number of rotatable bonds is 5.